The summed E-state index contributed by atoms with van der Waals surface area (Å²) < 4.78 is 45.0. The molecule has 0 spiro atoms. The van der Waals surface area contributed by atoms with Crippen LogP contribution in [0.4, 0.5) is 13.2 Å². The second-order valence-corrected chi connectivity index (χ2v) is 4.29. The molecule has 3 rings (SSSR count). The SMILES string of the molecule is O=c1[nH]c2c(C(F)(F)F)cccc2n1Cc1ccco1. The predicted octanol–water partition coefficient (Wildman–Crippen LogP) is 2.99. The van der Waals surface area contributed by atoms with Gasteiger partial charge in [-0.15, -0.1) is 0 Å². The molecule has 0 bridgehead atoms. The van der Waals surface area contributed by atoms with Crippen molar-refractivity contribution in [1.82, 2.24) is 9.55 Å². The fourth-order valence-corrected chi connectivity index (χ4v) is 2.13. The Hall–Kier alpha value is -2.44. The monoisotopic (exact) mass is 282 g/mol. The van der Waals surface area contributed by atoms with Crippen molar-refractivity contribution < 1.29 is 17.6 Å². The zero-order valence-corrected chi connectivity index (χ0v) is 10.1. The Morgan fingerprint density at radius 1 is 1.20 bits per heavy atom. The van der Waals surface area contributed by atoms with Gasteiger partial charge in [0, 0.05) is 0 Å². The fourth-order valence-electron chi connectivity index (χ4n) is 2.13. The third-order valence-electron chi connectivity index (χ3n) is 3.01. The number of hydrogen-bond donors (Lipinski definition) is 1. The lowest BCUT2D eigenvalue weighted by atomic mass is 10.2. The van der Waals surface area contributed by atoms with E-state index in [4.69, 9.17) is 4.42 Å². The highest BCUT2D eigenvalue weighted by Crippen LogP contribution is 2.33. The molecule has 0 aliphatic carbocycles. The zero-order chi connectivity index (χ0) is 14.3. The Morgan fingerprint density at radius 3 is 2.65 bits per heavy atom. The molecular weight excluding hydrogens is 273 g/mol. The molecule has 0 amide bonds. The number of fused-ring (bicyclic) bond motifs is 1. The molecule has 1 N–H and O–H groups in total. The number of para-hydroxylation sites is 1. The summed E-state index contributed by atoms with van der Waals surface area (Å²) in [4.78, 5) is 14.1. The van der Waals surface area contributed by atoms with Crippen molar-refractivity contribution in [2.75, 3.05) is 0 Å². The molecule has 7 heteroatoms. The lowest BCUT2D eigenvalue weighted by Crippen LogP contribution is -2.16. The first-order valence-electron chi connectivity index (χ1n) is 5.78. The van der Waals surface area contributed by atoms with Gasteiger partial charge in [0.1, 0.15) is 5.76 Å². The summed E-state index contributed by atoms with van der Waals surface area (Å²) in [5, 5.41) is 0. The van der Waals surface area contributed by atoms with Crippen LogP contribution in [0.3, 0.4) is 0 Å². The molecule has 0 saturated heterocycles. The Bertz CT molecular complexity index is 797. The summed E-state index contributed by atoms with van der Waals surface area (Å²) >= 11 is 0. The molecule has 4 nitrogen and oxygen atoms in total. The maximum atomic E-state index is 12.9. The molecule has 0 radical (unpaired) electrons. The lowest BCUT2D eigenvalue weighted by Gasteiger charge is -2.07. The summed E-state index contributed by atoms with van der Waals surface area (Å²) in [6.07, 6.45) is -3.07. The quantitative estimate of drug-likeness (QED) is 0.785. The highest BCUT2D eigenvalue weighted by Gasteiger charge is 2.33. The van der Waals surface area contributed by atoms with E-state index in [1.54, 1.807) is 12.1 Å². The number of aromatic amines is 1. The van der Waals surface area contributed by atoms with Crippen LogP contribution < -0.4 is 5.69 Å². The van der Waals surface area contributed by atoms with E-state index in [1.807, 2.05) is 0 Å². The third kappa shape index (κ3) is 2.01. The van der Waals surface area contributed by atoms with E-state index in [1.165, 1.54) is 23.0 Å². The number of nitrogens with zero attached hydrogens (tertiary/aromatic N) is 1. The van der Waals surface area contributed by atoms with Crippen molar-refractivity contribution in [2.45, 2.75) is 12.7 Å². The number of aromatic nitrogens is 2. The third-order valence-corrected chi connectivity index (χ3v) is 3.01. The van der Waals surface area contributed by atoms with Gasteiger partial charge in [0.25, 0.3) is 0 Å². The Balaban J connectivity index is 2.20. The number of H-pyrrole nitrogens is 1. The van der Waals surface area contributed by atoms with Crippen molar-refractivity contribution >= 4 is 11.0 Å². The van der Waals surface area contributed by atoms with Crippen molar-refractivity contribution in [1.29, 1.82) is 0 Å². The average molecular weight is 282 g/mol. The van der Waals surface area contributed by atoms with Gasteiger partial charge >= 0.3 is 11.9 Å². The van der Waals surface area contributed by atoms with E-state index >= 15 is 0 Å². The maximum Gasteiger partial charge on any atom is 0.418 e. The molecule has 20 heavy (non-hydrogen) atoms. The number of nitrogens with one attached hydrogen (secondary N) is 1. The van der Waals surface area contributed by atoms with Crippen LogP contribution in [0.2, 0.25) is 0 Å². The summed E-state index contributed by atoms with van der Waals surface area (Å²) in [5.74, 6) is 0.491. The van der Waals surface area contributed by atoms with Crippen LogP contribution in [0.1, 0.15) is 11.3 Å². The van der Waals surface area contributed by atoms with E-state index in [-0.39, 0.29) is 17.6 Å². The van der Waals surface area contributed by atoms with Gasteiger partial charge in [0.2, 0.25) is 0 Å². The van der Waals surface area contributed by atoms with Crippen molar-refractivity contribution in [3.63, 3.8) is 0 Å². The van der Waals surface area contributed by atoms with E-state index in [2.05, 4.69) is 4.98 Å². The van der Waals surface area contributed by atoms with Crippen LogP contribution in [0.5, 0.6) is 0 Å². The Labute approximate surface area is 110 Å². The summed E-state index contributed by atoms with van der Waals surface area (Å²) in [5.41, 5.74) is -1.48. The van der Waals surface area contributed by atoms with Crippen LogP contribution in [0, 0.1) is 0 Å². The molecule has 0 aliphatic heterocycles. The minimum atomic E-state index is -4.51. The number of halogens is 3. The first-order valence-corrected chi connectivity index (χ1v) is 5.78. The van der Waals surface area contributed by atoms with Crippen molar-refractivity contribution in [2.24, 2.45) is 0 Å². The van der Waals surface area contributed by atoms with Gasteiger partial charge in [-0.1, -0.05) is 6.07 Å². The molecular formula is C13H9F3N2O2. The second-order valence-electron chi connectivity index (χ2n) is 4.29. The Kier molecular flexibility index (Phi) is 2.70. The predicted molar refractivity (Wildman–Crippen MR) is 65.4 cm³/mol. The fraction of sp³-hybridized carbons (Fsp3) is 0.154. The van der Waals surface area contributed by atoms with Crippen molar-refractivity contribution in [3.8, 4) is 0 Å². The topological polar surface area (TPSA) is 50.9 Å². The molecule has 0 atom stereocenters. The number of hydrogen-bond acceptors (Lipinski definition) is 2. The van der Waals surface area contributed by atoms with Crippen LogP contribution in [-0.4, -0.2) is 9.55 Å². The van der Waals surface area contributed by atoms with Crippen molar-refractivity contribution in [3.05, 3.63) is 58.4 Å². The standard InChI is InChI=1S/C13H9F3N2O2/c14-13(15,16)9-4-1-5-10-11(9)17-12(19)18(10)7-8-3-2-6-20-8/h1-6H,7H2,(H,17,19). The Morgan fingerprint density at radius 2 is 2.00 bits per heavy atom. The van der Waals surface area contributed by atoms with E-state index in [9.17, 15) is 18.0 Å². The molecule has 0 unspecified atom stereocenters. The summed E-state index contributed by atoms with van der Waals surface area (Å²) in [6.45, 7) is 0.0765. The number of rotatable bonds is 2. The van der Waals surface area contributed by atoms with Gasteiger partial charge in [-0.3, -0.25) is 4.57 Å². The number of alkyl halides is 3. The maximum absolute atomic E-state index is 12.9. The smallest absolute Gasteiger partial charge is 0.418 e. The highest BCUT2D eigenvalue weighted by molar-refractivity contribution is 5.79. The normalized spacial score (nSPS) is 12.2. The minimum Gasteiger partial charge on any atom is -0.467 e. The zero-order valence-electron chi connectivity index (χ0n) is 10.1. The molecule has 0 saturated carbocycles. The molecule has 0 fully saturated rings. The summed E-state index contributed by atoms with van der Waals surface area (Å²) in [7, 11) is 0. The van der Waals surface area contributed by atoms with Gasteiger partial charge in [-0.25, -0.2) is 4.79 Å². The second kappa shape index (κ2) is 4.29. The number of benzene rings is 1. The first kappa shape index (κ1) is 12.6. The van der Waals surface area contributed by atoms with Gasteiger partial charge in [0.15, 0.2) is 0 Å². The molecule has 104 valence electrons. The van der Waals surface area contributed by atoms with Crippen LogP contribution in [-0.2, 0) is 12.7 Å². The minimum absolute atomic E-state index is 0.0765. The van der Waals surface area contributed by atoms with Gasteiger partial charge in [0.05, 0.1) is 29.4 Å². The molecule has 2 aromatic heterocycles. The first-order chi connectivity index (χ1) is 9.47. The van der Waals surface area contributed by atoms with Crippen LogP contribution in [0.25, 0.3) is 11.0 Å². The highest BCUT2D eigenvalue weighted by atomic mass is 19.4. The molecule has 2 heterocycles. The molecule has 3 aromatic rings. The van der Waals surface area contributed by atoms with Gasteiger partial charge in [-0.2, -0.15) is 13.2 Å². The average Bonchev–Trinajstić information content (AvgIpc) is 2.97. The molecule has 1 aromatic carbocycles. The largest absolute Gasteiger partial charge is 0.467 e. The number of imidazole rings is 1. The molecule has 0 aliphatic rings. The summed E-state index contributed by atoms with van der Waals surface area (Å²) in [6, 6.07) is 6.98. The van der Waals surface area contributed by atoms with Crippen LogP contribution >= 0.6 is 0 Å². The number of furan rings is 1. The van der Waals surface area contributed by atoms with E-state index in [0.29, 0.717) is 5.76 Å². The van der Waals surface area contributed by atoms with Gasteiger partial charge in [-0.05, 0) is 24.3 Å². The van der Waals surface area contributed by atoms with E-state index < -0.39 is 17.4 Å². The van der Waals surface area contributed by atoms with Gasteiger partial charge < -0.3 is 9.40 Å². The van der Waals surface area contributed by atoms with E-state index in [0.717, 1.165) is 6.07 Å². The van der Waals surface area contributed by atoms with Crippen LogP contribution in [0.15, 0.2) is 45.8 Å². The lowest BCUT2D eigenvalue weighted by molar-refractivity contribution is -0.136.